The molecular formula is C15H25Cl2N7O. The molecule has 0 bridgehead atoms. The quantitative estimate of drug-likeness (QED) is 0.728. The zero-order chi connectivity index (χ0) is 16.2. The van der Waals surface area contributed by atoms with E-state index >= 15 is 0 Å². The Kier molecular flexibility index (Phi) is 8.51. The van der Waals surface area contributed by atoms with Crippen LogP contribution in [0.4, 0.5) is 0 Å². The molecule has 25 heavy (non-hydrogen) atoms. The highest BCUT2D eigenvalue weighted by molar-refractivity contribution is 5.90. The van der Waals surface area contributed by atoms with E-state index in [4.69, 9.17) is 0 Å². The maximum Gasteiger partial charge on any atom is 0.291 e. The van der Waals surface area contributed by atoms with Gasteiger partial charge in [-0.3, -0.25) is 4.79 Å². The van der Waals surface area contributed by atoms with Gasteiger partial charge >= 0.3 is 0 Å². The Bertz CT molecular complexity index is 700. The van der Waals surface area contributed by atoms with Crippen LogP contribution in [0.5, 0.6) is 0 Å². The predicted molar refractivity (Wildman–Crippen MR) is 101 cm³/mol. The molecule has 0 radical (unpaired) electrons. The monoisotopic (exact) mass is 389 g/mol. The molecule has 0 spiro atoms. The van der Waals surface area contributed by atoms with Crippen LogP contribution in [0.25, 0.3) is 5.78 Å². The van der Waals surface area contributed by atoms with Gasteiger partial charge in [-0.25, -0.2) is 9.50 Å². The Balaban J connectivity index is 0.00000156. The summed E-state index contributed by atoms with van der Waals surface area (Å²) in [7, 11) is 0. The molecule has 0 unspecified atom stereocenters. The van der Waals surface area contributed by atoms with Gasteiger partial charge in [0, 0.05) is 44.1 Å². The average Bonchev–Trinajstić information content (AvgIpc) is 2.97. The summed E-state index contributed by atoms with van der Waals surface area (Å²) in [5.41, 5.74) is 1.78. The summed E-state index contributed by atoms with van der Waals surface area (Å²) in [5, 5.41) is 10.5. The highest BCUT2D eigenvalue weighted by atomic mass is 35.5. The fourth-order valence-corrected chi connectivity index (χ4v) is 2.78. The minimum Gasteiger partial charge on any atom is -0.349 e. The molecule has 140 valence electrons. The van der Waals surface area contributed by atoms with Gasteiger partial charge in [0.1, 0.15) is 0 Å². The fraction of sp³-hybridized carbons (Fsp3) is 0.600. The number of hydrogen-bond donors (Lipinski definition) is 2. The molecule has 2 aromatic rings. The standard InChI is InChI=1S/C15H23N7O.2ClH/c1-11-10-12(2)22-15(18-11)19-13(20-22)14(23)17-4-3-7-21-8-5-16-6-9-21;;/h10,16H,3-9H2,1-2H3,(H,17,23);2*1H. The molecular weight excluding hydrogens is 365 g/mol. The van der Waals surface area contributed by atoms with E-state index in [9.17, 15) is 4.79 Å². The van der Waals surface area contributed by atoms with Crippen LogP contribution in [0.15, 0.2) is 6.07 Å². The Hall–Kier alpha value is -1.48. The van der Waals surface area contributed by atoms with Crippen LogP contribution >= 0.6 is 24.8 Å². The van der Waals surface area contributed by atoms with Crippen molar-refractivity contribution in [2.45, 2.75) is 20.3 Å². The zero-order valence-electron chi connectivity index (χ0n) is 14.5. The van der Waals surface area contributed by atoms with Crippen LogP contribution in [0.2, 0.25) is 0 Å². The summed E-state index contributed by atoms with van der Waals surface area (Å²) in [4.78, 5) is 23.1. The number of fused-ring (bicyclic) bond motifs is 1. The molecule has 1 aliphatic rings. The van der Waals surface area contributed by atoms with Gasteiger partial charge in [-0.2, -0.15) is 4.98 Å². The lowest BCUT2D eigenvalue weighted by Gasteiger charge is -2.26. The van der Waals surface area contributed by atoms with Crippen molar-refractivity contribution in [3.63, 3.8) is 0 Å². The van der Waals surface area contributed by atoms with Crippen LogP contribution in [0.1, 0.15) is 28.4 Å². The van der Waals surface area contributed by atoms with Gasteiger partial charge in [-0.05, 0) is 32.9 Å². The van der Waals surface area contributed by atoms with Crippen molar-refractivity contribution in [3.05, 3.63) is 23.3 Å². The molecule has 0 aromatic carbocycles. The first-order valence-corrected chi connectivity index (χ1v) is 8.06. The largest absolute Gasteiger partial charge is 0.349 e. The number of hydrogen-bond acceptors (Lipinski definition) is 6. The number of amides is 1. The third-order valence-electron chi connectivity index (χ3n) is 3.97. The number of nitrogens with one attached hydrogen (secondary N) is 2. The fourth-order valence-electron chi connectivity index (χ4n) is 2.78. The average molecular weight is 390 g/mol. The van der Waals surface area contributed by atoms with Gasteiger partial charge in [0.2, 0.25) is 5.82 Å². The molecule has 1 aliphatic heterocycles. The summed E-state index contributed by atoms with van der Waals surface area (Å²) < 4.78 is 1.60. The maximum atomic E-state index is 12.2. The highest BCUT2D eigenvalue weighted by Gasteiger charge is 2.15. The smallest absolute Gasteiger partial charge is 0.291 e. The maximum absolute atomic E-state index is 12.2. The van der Waals surface area contributed by atoms with E-state index in [2.05, 4.69) is 30.6 Å². The van der Waals surface area contributed by atoms with E-state index in [1.807, 2.05) is 19.9 Å². The van der Waals surface area contributed by atoms with Crippen molar-refractivity contribution in [2.24, 2.45) is 0 Å². The van der Waals surface area contributed by atoms with Crippen LogP contribution in [0, 0.1) is 13.8 Å². The normalized spacial score (nSPS) is 14.6. The molecule has 1 saturated heterocycles. The van der Waals surface area contributed by atoms with Crippen LogP contribution in [-0.4, -0.2) is 69.7 Å². The van der Waals surface area contributed by atoms with Gasteiger partial charge in [0.25, 0.3) is 11.7 Å². The van der Waals surface area contributed by atoms with E-state index in [1.54, 1.807) is 4.52 Å². The van der Waals surface area contributed by atoms with Gasteiger partial charge in [-0.15, -0.1) is 29.9 Å². The Morgan fingerprint density at radius 2 is 1.96 bits per heavy atom. The second kappa shape index (κ2) is 9.86. The molecule has 0 aliphatic carbocycles. The van der Waals surface area contributed by atoms with Crippen molar-refractivity contribution in [3.8, 4) is 0 Å². The van der Waals surface area contributed by atoms with Crippen molar-refractivity contribution < 1.29 is 4.79 Å². The Morgan fingerprint density at radius 1 is 1.24 bits per heavy atom. The van der Waals surface area contributed by atoms with E-state index < -0.39 is 0 Å². The SMILES string of the molecule is Cc1cc(C)n2nc(C(=O)NCCCN3CCNCC3)nc2n1.Cl.Cl. The van der Waals surface area contributed by atoms with Crippen LogP contribution in [-0.2, 0) is 0 Å². The molecule has 2 aromatic heterocycles. The molecule has 8 nitrogen and oxygen atoms in total. The molecule has 3 rings (SSSR count). The summed E-state index contributed by atoms with van der Waals surface area (Å²) in [6, 6.07) is 1.91. The molecule has 0 atom stereocenters. The zero-order valence-corrected chi connectivity index (χ0v) is 16.1. The predicted octanol–water partition coefficient (Wildman–Crippen LogP) is 0.610. The molecule has 10 heteroatoms. The van der Waals surface area contributed by atoms with Crippen molar-refractivity contribution in [1.29, 1.82) is 0 Å². The van der Waals surface area contributed by atoms with Gasteiger partial charge < -0.3 is 15.5 Å². The van der Waals surface area contributed by atoms with E-state index in [-0.39, 0.29) is 36.5 Å². The van der Waals surface area contributed by atoms with Crippen molar-refractivity contribution in [2.75, 3.05) is 39.3 Å². The first-order valence-electron chi connectivity index (χ1n) is 8.06. The molecule has 2 N–H and O–H groups in total. The van der Waals surface area contributed by atoms with Gasteiger partial charge in [-0.1, -0.05) is 0 Å². The topological polar surface area (TPSA) is 87.5 Å². The number of halogens is 2. The van der Waals surface area contributed by atoms with Crippen LogP contribution in [0.3, 0.4) is 0 Å². The Labute approximate surface area is 159 Å². The lowest BCUT2D eigenvalue weighted by molar-refractivity contribution is 0.0941. The van der Waals surface area contributed by atoms with Gasteiger partial charge in [0.05, 0.1) is 0 Å². The van der Waals surface area contributed by atoms with Gasteiger partial charge in [0.15, 0.2) is 0 Å². The second-order valence-corrected chi connectivity index (χ2v) is 5.89. The number of piperazine rings is 1. The molecule has 3 heterocycles. The third-order valence-corrected chi connectivity index (χ3v) is 3.97. The first-order chi connectivity index (χ1) is 11.1. The first kappa shape index (κ1) is 21.6. The number of aryl methyl sites for hydroxylation is 2. The van der Waals surface area contributed by atoms with Crippen molar-refractivity contribution >= 4 is 36.5 Å². The minimum absolute atomic E-state index is 0. The number of nitrogens with zero attached hydrogens (tertiary/aromatic N) is 5. The highest BCUT2D eigenvalue weighted by Crippen LogP contribution is 2.05. The number of carbonyl (C=O) groups excluding carboxylic acids is 1. The van der Waals surface area contributed by atoms with Crippen LogP contribution < -0.4 is 10.6 Å². The summed E-state index contributed by atoms with van der Waals surface area (Å²) in [5.74, 6) is 0.398. The number of aromatic nitrogens is 4. The minimum atomic E-state index is -0.243. The molecule has 1 fully saturated rings. The third kappa shape index (κ3) is 5.50. The lowest BCUT2D eigenvalue weighted by atomic mass is 10.3. The molecule has 1 amide bonds. The number of carbonyl (C=O) groups is 1. The summed E-state index contributed by atoms with van der Waals surface area (Å²) in [6.07, 6.45) is 0.926. The Morgan fingerprint density at radius 3 is 2.68 bits per heavy atom. The van der Waals surface area contributed by atoms with E-state index in [1.165, 1.54) is 0 Å². The summed E-state index contributed by atoms with van der Waals surface area (Å²) in [6.45, 7) is 9.69. The second-order valence-electron chi connectivity index (χ2n) is 5.89. The van der Waals surface area contributed by atoms with Crippen molar-refractivity contribution in [1.82, 2.24) is 35.1 Å². The van der Waals surface area contributed by atoms with E-state index in [0.29, 0.717) is 12.3 Å². The summed E-state index contributed by atoms with van der Waals surface area (Å²) >= 11 is 0. The lowest BCUT2D eigenvalue weighted by Crippen LogP contribution is -2.44. The molecule has 0 saturated carbocycles. The van der Waals surface area contributed by atoms with E-state index in [0.717, 1.165) is 50.5 Å². The number of rotatable bonds is 5.